The number of piperazine rings is 1. The van der Waals surface area contributed by atoms with Crippen LogP contribution >= 0.6 is 0 Å². The fraction of sp³-hybridized carbons (Fsp3) is 0.238. The first-order valence-electron chi connectivity index (χ1n) is 9.77. The van der Waals surface area contributed by atoms with Crippen molar-refractivity contribution >= 4 is 22.8 Å². The molecule has 30 heavy (non-hydrogen) atoms. The molecule has 5 rings (SSSR count). The van der Waals surface area contributed by atoms with Gasteiger partial charge in [0.1, 0.15) is 29.5 Å². The van der Waals surface area contributed by atoms with Crippen molar-refractivity contribution in [3.8, 4) is 5.82 Å². The Bertz CT molecular complexity index is 1200. The summed E-state index contributed by atoms with van der Waals surface area (Å²) < 4.78 is 1.86. The number of nitrogens with zero attached hydrogens (tertiary/aromatic N) is 8. The summed E-state index contributed by atoms with van der Waals surface area (Å²) in [6.07, 6.45) is 6.85. The summed E-state index contributed by atoms with van der Waals surface area (Å²) in [5, 5.41) is 0. The minimum absolute atomic E-state index is 0.0918. The van der Waals surface area contributed by atoms with Gasteiger partial charge in [0.2, 0.25) is 0 Å². The van der Waals surface area contributed by atoms with Crippen LogP contribution in [0.4, 0.5) is 5.82 Å². The Morgan fingerprint density at radius 2 is 1.73 bits per heavy atom. The molecule has 3 aromatic heterocycles. The number of rotatable bonds is 3. The maximum absolute atomic E-state index is 12.9. The molecular formula is C21H20N8O. The van der Waals surface area contributed by atoms with Crippen LogP contribution in [0.3, 0.4) is 0 Å². The van der Waals surface area contributed by atoms with Gasteiger partial charge in [0.15, 0.2) is 0 Å². The number of amides is 1. The lowest BCUT2D eigenvalue weighted by atomic mass is 10.2. The smallest absolute Gasteiger partial charge is 0.274 e. The summed E-state index contributed by atoms with van der Waals surface area (Å²) in [6.45, 7) is 4.44. The highest BCUT2D eigenvalue weighted by Crippen LogP contribution is 2.18. The highest BCUT2D eigenvalue weighted by Gasteiger charge is 2.24. The highest BCUT2D eigenvalue weighted by molar-refractivity contribution is 5.94. The number of carbonyl (C=O) groups is 1. The monoisotopic (exact) mass is 400 g/mol. The average Bonchev–Trinajstić information content (AvgIpc) is 3.33. The molecular weight excluding hydrogens is 380 g/mol. The molecule has 1 aromatic carbocycles. The minimum atomic E-state index is -0.0918. The Kier molecular flexibility index (Phi) is 4.55. The van der Waals surface area contributed by atoms with E-state index < -0.39 is 0 Å². The van der Waals surface area contributed by atoms with Gasteiger partial charge in [-0.15, -0.1) is 0 Å². The Labute approximate surface area is 173 Å². The molecule has 0 unspecified atom stereocenters. The van der Waals surface area contributed by atoms with E-state index in [4.69, 9.17) is 0 Å². The van der Waals surface area contributed by atoms with Crippen LogP contribution in [0.1, 0.15) is 16.3 Å². The molecule has 1 fully saturated rings. The van der Waals surface area contributed by atoms with Crippen molar-refractivity contribution in [2.45, 2.75) is 6.92 Å². The number of carbonyl (C=O) groups excluding carboxylic acids is 1. The molecule has 0 saturated carbocycles. The maximum Gasteiger partial charge on any atom is 0.274 e. The number of hydrogen-bond acceptors (Lipinski definition) is 7. The summed E-state index contributed by atoms with van der Waals surface area (Å²) in [7, 11) is 0. The summed E-state index contributed by atoms with van der Waals surface area (Å²) in [4.78, 5) is 38.9. The van der Waals surface area contributed by atoms with Crippen molar-refractivity contribution in [3.05, 3.63) is 66.8 Å². The molecule has 0 atom stereocenters. The Morgan fingerprint density at radius 1 is 0.967 bits per heavy atom. The van der Waals surface area contributed by atoms with Crippen molar-refractivity contribution in [1.82, 2.24) is 34.4 Å². The molecule has 150 valence electrons. The van der Waals surface area contributed by atoms with Gasteiger partial charge in [0.05, 0.1) is 17.2 Å². The lowest BCUT2D eigenvalue weighted by Crippen LogP contribution is -2.49. The van der Waals surface area contributed by atoms with Gasteiger partial charge in [-0.25, -0.2) is 19.9 Å². The molecule has 0 aliphatic carbocycles. The molecule has 9 heteroatoms. The number of para-hydroxylation sites is 2. The van der Waals surface area contributed by atoms with E-state index in [1.807, 2.05) is 52.9 Å². The van der Waals surface area contributed by atoms with Gasteiger partial charge in [-0.2, -0.15) is 0 Å². The third kappa shape index (κ3) is 3.45. The van der Waals surface area contributed by atoms with E-state index in [9.17, 15) is 4.79 Å². The van der Waals surface area contributed by atoms with E-state index in [1.165, 1.54) is 0 Å². The van der Waals surface area contributed by atoms with E-state index in [2.05, 4.69) is 29.8 Å². The molecule has 1 saturated heterocycles. The zero-order valence-corrected chi connectivity index (χ0v) is 16.5. The van der Waals surface area contributed by atoms with Gasteiger partial charge in [0, 0.05) is 44.6 Å². The number of anilines is 1. The SMILES string of the molecule is Cc1nc(N2CCN(C(=O)c3cnc4ccccc4n3)CC2)cc(-n2ccnc2)n1. The van der Waals surface area contributed by atoms with Gasteiger partial charge in [-0.05, 0) is 19.1 Å². The largest absolute Gasteiger partial charge is 0.353 e. The third-order valence-electron chi connectivity index (χ3n) is 5.14. The van der Waals surface area contributed by atoms with E-state index in [1.54, 1.807) is 18.7 Å². The van der Waals surface area contributed by atoms with Crippen molar-refractivity contribution in [1.29, 1.82) is 0 Å². The van der Waals surface area contributed by atoms with Crippen LogP contribution in [0.2, 0.25) is 0 Å². The van der Waals surface area contributed by atoms with Crippen LogP contribution < -0.4 is 4.90 Å². The quantitative estimate of drug-likeness (QED) is 0.518. The number of hydrogen-bond donors (Lipinski definition) is 0. The zero-order chi connectivity index (χ0) is 20.5. The standard InChI is InChI=1S/C21H20N8O/c1-15-24-19(12-20(25-15)29-7-6-22-14-29)27-8-10-28(11-9-27)21(30)18-13-23-16-4-2-3-5-17(16)26-18/h2-7,12-14H,8-11H2,1H3. The Hall–Kier alpha value is -3.88. The molecule has 1 amide bonds. The predicted octanol–water partition coefficient (Wildman–Crippen LogP) is 1.88. The summed E-state index contributed by atoms with van der Waals surface area (Å²) in [5.41, 5.74) is 1.89. The molecule has 9 nitrogen and oxygen atoms in total. The van der Waals surface area contributed by atoms with E-state index in [0.29, 0.717) is 37.7 Å². The van der Waals surface area contributed by atoms with Crippen LogP contribution in [-0.2, 0) is 0 Å². The third-order valence-corrected chi connectivity index (χ3v) is 5.14. The van der Waals surface area contributed by atoms with Gasteiger partial charge >= 0.3 is 0 Å². The molecule has 0 bridgehead atoms. The second-order valence-corrected chi connectivity index (χ2v) is 7.12. The zero-order valence-electron chi connectivity index (χ0n) is 16.5. The first-order valence-corrected chi connectivity index (χ1v) is 9.77. The maximum atomic E-state index is 12.9. The number of aryl methyl sites for hydroxylation is 1. The number of aromatic nitrogens is 6. The van der Waals surface area contributed by atoms with Crippen LogP contribution in [-0.4, -0.2) is 66.5 Å². The molecule has 4 aromatic rings. The van der Waals surface area contributed by atoms with Gasteiger partial charge in [0.25, 0.3) is 5.91 Å². The van der Waals surface area contributed by atoms with Gasteiger partial charge < -0.3 is 9.80 Å². The predicted molar refractivity (Wildman–Crippen MR) is 112 cm³/mol. The molecule has 0 radical (unpaired) electrons. The van der Waals surface area contributed by atoms with Gasteiger partial charge in [-0.1, -0.05) is 12.1 Å². The van der Waals surface area contributed by atoms with Crippen LogP contribution in [0, 0.1) is 6.92 Å². The van der Waals surface area contributed by atoms with Crippen molar-refractivity contribution in [2.24, 2.45) is 0 Å². The van der Waals surface area contributed by atoms with Crippen LogP contribution in [0.15, 0.2) is 55.2 Å². The molecule has 1 aliphatic rings. The first-order chi connectivity index (χ1) is 14.7. The van der Waals surface area contributed by atoms with Crippen molar-refractivity contribution < 1.29 is 4.79 Å². The summed E-state index contributed by atoms with van der Waals surface area (Å²) in [6, 6.07) is 9.50. The molecule has 0 N–H and O–H groups in total. The summed E-state index contributed by atoms with van der Waals surface area (Å²) >= 11 is 0. The normalized spacial score (nSPS) is 14.3. The second-order valence-electron chi connectivity index (χ2n) is 7.12. The second kappa shape index (κ2) is 7.51. The highest BCUT2D eigenvalue weighted by atomic mass is 16.2. The van der Waals surface area contributed by atoms with E-state index >= 15 is 0 Å². The Balaban J connectivity index is 1.31. The first kappa shape index (κ1) is 18.2. The number of imidazole rings is 1. The van der Waals surface area contributed by atoms with Crippen molar-refractivity contribution in [2.75, 3.05) is 31.1 Å². The lowest BCUT2D eigenvalue weighted by molar-refractivity contribution is 0.0740. The minimum Gasteiger partial charge on any atom is -0.353 e. The summed E-state index contributed by atoms with van der Waals surface area (Å²) in [5.74, 6) is 2.23. The fourth-order valence-corrected chi connectivity index (χ4v) is 3.59. The van der Waals surface area contributed by atoms with Crippen LogP contribution in [0.25, 0.3) is 16.9 Å². The Morgan fingerprint density at radius 3 is 2.50 bits per heavy atom. The topological polar surface area (TPSA) is 92.9 Å². The van der Waals surface area contributed by atoms with Gasteiger partial charge in [-0.3, -0.25) is 14.3 Å². The fourth-order valence-electron chi connectivity index (χ4n) is 3.59. The number of fused-ring (bicyclic) bond motifs is 1. The lowest BCUT2D eigenvalue weighted by Gasteiger charge is -2.35. The molecule has 0 spiro atoms. The van der Waals surface area contributed by atoms with Crippen LogP contribution in [0.5, 0.6) is 0 Å². The van der Waals surface area contributed by atoms with Crippen molar-refractivity contribution in [3.63, 3.8) is 0 Å². The van der Waals surface area contributed by atoms with E-state index in [0.717, 1.165) is 22.7 Å². The molecule has 4 heterocycles. The number of benzene rings is 1. The average molecular weight is 400 g/mol. The van der Waals surface area contributed by atoms with E-state index in [-0.39, 0.29) is 5.91 Å². The molecule has 1 aliphatic heterocycles.